The standard InChI is InChI=1S/C18H17IN4O3S/c19-13-4-6-14(7-5-13)20-18(27)21-17(24)12-3-8-15(16(11-12)23(25)26)22-9-1-2-10-22/h3-8,11H,1-2,9-10H2,(H2,20,21,24,27). The number of benzene rings is 2. The predicted molar refractivity (Wildman–Crippen MR) is 117 cm³/mol. The van der Waals surface area contributed by atoms with Gasteiger partial charge in [0.25, 0.3) is 11.6 Å². The molecule has 0 aromatic heterocycles. The Kier molecular flexibility index (Phi) is 6.22. The van der Waals surface area contributed by atoms with E-state index in [1.54, 1.807) is 12.1 Å². The molecule has 1 fully saturated rings. The van der Waals surface area contributed by atoms with Gasteiger partial charge in [-0.25, -0.2) is 0 Å². The molecular formula is C18H17IN4O3S. The van der Waals surface area contributed by atoms with Crippen LogP contribution in [-0.2, 0) is 0 Å². The number of nitro groups is 1. The lowest BCUT2D eigenvalue weighted by Gasteiger charge is -2.18. The van der Waals surface area contributed by atoms with Gasteiger partial charge in [0, 0.05) is 34.0 Å². The fourth-order valence-electron chi connectivity index (χ4n) is 2.91. The molecule has 27 heavy (non-hydrogen) atoms. The van der Waals surface area contributed by atoms with Gasteiger partial charge in [0.05, 0.1) is 4.92 Å². The normalized spacial score (nSPS) is 13.3. The molecule has 2 N–H and O–H groups in total. The highest BCUT2D eigenvalue weighted by Gasteiger charge is 2.24. The molecule has 2 aromatic carbocycles. The highest BCUT2D eigenvalue weighted by molar-refractivity contribution is 14.1. The van der Waals surface area contributed by atoms with E-state index < -0.39 is 10.8 Å². The average Bonchev–Trinajstić information content (AvgIpc) is 3.17. The zero-order valence-electron chi connectivity index (χ0n) is 14.3. The molecule has 0 aliphatic carbocycles. The molecule has 3 rings (SSSR count). The number of halogens is 1. The maximum absolute atomic E-state index is 12.4. The van der Waals surface area contributed by atoms with Crippen molar-refractivity contribution in [1.82, 2.24) is 5.32 Å². The molecule has 2 aromatic rings. The molecule has 1 saturated heterocycles. The van der Waals surface area contributed by atoms with Gasteiger partial charge < -0.3 is 10.2 Å². The second-order valence-electron chi connectivity index (χ2n) is 6.07. The quantitative estimate of drug-likeness (QED) is 0.289. The first-order valence-corrected chi connectivity index (χ1v) is 9.84. The van der Waals surface area contributed by atoms with Gasteiger partial charge in [-0.1, -0.05) is 0 Å². The number of nitro benzene ring substituents is 1. The minimum absolute atomic E-state index is 0.0685. The van der Waals surface area contributed by atoms with Crippen LogP contribution in [0.3, 0.4) is 0 Å². The van der Waals surface area contributed by atoms with Crippen LogP contribution < -0.4 is 15.5 Å². The van der Waals surface area contributed by atoms with E-state index in [1.165, 1.54) is 6.07 Å². The van der Waals surface area contributed by atoms with E-state index in [4.69, 9.17) is 12.2 Å². The lowest BCUT2D eigenvalue weighted by molar-refractivity contribution is -0.384. The van der Waals surface area contributed by atoms with Gasteiger partial charge in [-0.05, 0) is 84.0 Å². The van der Waals surface area contributed by atoms with Crippen LogP contribution in [0, 0.1) is 13.7 Å². The van der Waals surface area contributed by atoms with Gasteiger partial charge in [-0.3, -0.25) is 20.2 Å². The van der Waals surface area contributed by atoms with Crippen molar-refractivity contribution in [1.29, 1.82) is 0 Å². The molecule has 0 spiro atoms. The number of carbonyl (C=O) groups excluding carboxylic acids is 1. The van der Waals surface area contributed by atoms with E-state index in [2.05, 4.69) is 33.2 Å². The molecule has 0 atom stereocenters. The Morgan fingerprint density at radius 3 is 2.44 bits per heavy atom. The molecule has 7 nitrogen and oxygen atoms in total. The Bertz CT molecular complexity index is 883. The van der Waals surface area contributed by atoms with Crippen LogP contribution in [0.4, 0.5) is 17.1 Å². The van der Waals surface area contributed by atoms with Crippen LogP contribution in [0.2, 0.25) is 0 Å². The van der Waals surface area contributed by atoms with Crippen molar-refractivity contribution >= 4 is 62.9 Å². The molecule has 1 heterocycles. The minimum Gasteiger partial charge on any atom is -0.366 e. The molecule has 0 saturated carbocycles. The van der Waals surface area contributed by atoms with Crippen LogP contribution >= 0.6 is 34.8 Å². The minimum atomic E-state index is -0.492. The first-order chi connectivity index (χ1) is 12.9. The summed E-state index contributed by atoms with van der Waals surface area (Å²) >= 11 is 7.35. The fourth-order valence-corrected chi connectivity index (χ4v) is 3.48. The largest absolute Gasteiger partial charge is 0.366 e. The zero-order chi connectivity index (χ0) is 19.4. The summed E-state index contributed by atoms with van der Waals surface area (Å²) in [6.07, 6.45) is 2.02. The zero-order valence-corrected chi connectivity index (χ0v) is 17.2. The number of nitrogens with one attached hydrogen (secondary N) is 2. The summed E-state index contributed by atoms with van der Waals surface area (Å²) in [5.41, 5.74) is 1.42. The van der Waals surface area contributed by atoms with Crippen LogP contribution in [-0.4, -0.2) is 29.0 Å². The summed E-state index contributed by atoms with van der Waals surface area (Å²) in [7, 11) is 0. The van der Waals surface area contributed by atoms with E-state index in [1.807, 2.05) is 29.2 Å². The Balaban J connectivity index is 1.72. The number of hydrogen-bond donors (Lipinski definition) is 2. The van der Waals surface area contributed by atoms with E-state index in [0.717, 1.165) is 35.2 Å². The maximum atomic E-state index is 12.4. The SMILES string of the molecule is O=C(NC(=S)Nc1ccc(I)cc1)c1ccc(N2CCCC2)c([N+](=O)[O-])c1. The predicted octanol–water partition coefficient (Wildman–Crippen LogP) is 3.93. The molecule has 1 aliphatic heterocycles. The van der Waals surface area contributed by atoms with Crippen molar-refractivity contribution in [2.45, 2.75) is 12.8 Å². The summed E-state index contributed by atoms with van der Waals surface area (Å²) in [6.45, 7) is 1.58. The summed E-state index contributed by atoms with van der Waals surface area (Å²) in [6, 6.07) is 12.0. The lowest BCUT2D eigenvalue weighted by Crippen LogP contribution is -2.34. The second kappa shape index (κ2) is 8.61. The summed E-state index contributed by atoms with van der Waals surface area (Å²) < 4.78 is 1.08. The molecule has 1 amide bonds. The average molecular weight is 496 g/mol. The van der Waals surface area contributed by atoms with Crippen molar-refractivity contribution in [2.24, 2.45) is 0 Å². The number of carbonyl (C=O) groups is 1. The van der Waals surface area contributed by atoms with E-state index in [-0.39, 0.29) is 16.4 Å². The highest BCUT2D eigenvalue weighted by Crippen LogP contribution is 2.31. The van der Waals surface area contributed by atoms with Crippen LogP contribution in [0.5, 0.6) is 0 Å². The van der Waals surface area contributed by atoms with Crippen LogP contribution in [0.1, 0.15) is 23.2 Å². The Labute approximate surface area is 175 Å². The molecule has 9 heteroatoms. The van der Waals surface area contributed by atoms with Gasteiger partial charge in [0.15, 0.2) is 5.11 Å². The molecule has 0 unspecified atom stereocenters. The van der Waals surface area contributed by atoms with Crippen molar-refractivity contribution < 1.29 is 9.72 Å². The molecular weight excluding hydrogens is 479 g/mol. The third-order valence-electron chi connectivity index (χ3n) is 4.21. The summed E-state index contributed by atoms with van der Waals surface area (Å²) in [5, 5.41) is 17.1. The van der Waals surface area contributed by atoms with Gasteiger partial charge in [0.1, 0.15) is 5.69 Å². The first-order valence-electron chi connectivity index (χ1n) is 8.35. The van der Waals surface area contributed by atoms with Gasteiger partial charge >= 0.3 is 0 Å². The summed E-state index contributed by atoms with van der Waals surface area (Å²) in [5.74, 6) is -0.492. The van der Waals surface area contributed by atoms with E-state index in [0.29, 0.717) is 5.69 Å². The first kappa shape index (κ1) is 19.5. The number of anilines is 2. The van der Waals surface area contributed by atoms with Crippen molar-refractivity contribution in [3.8, 4) is 0 Å². The number of thiocarbonyl (C=S) groups is 1. The Morgan fingerprint density at radius 1 is 1.15 bits per heavy atom. The van der Waals surface area contributed by atoms with Gasteiger partial charge in [-0.15, -0.1) is 0 Å². The van der Waals surface area contributed by atoms with Gasteiger partial charge in [-0.2, -0.15) is 0 Å². The molecule has 0 bridgehead atoms. The molecule has 0 radical (unpaired) electrons. The van der Waals surface area contributed by atoms with Crippen molar-refractivity contribution in [3.05, 3.63) is 61.7 Å². The maximum Gasteiger partial charge on any atom is 0.293 e. The third kappa shape index (κ3) is 4.92. The second-order valence-corrected chi connectivity index (χ2v) is 7.72. The summed E-state index contributed by atoms with van der Waals surface area (Å²) in [4.78, 5) is 25.4. The number of amides is 1. The monoisotopic (exact) mass is 496 g/mol. The highest BCUT2D eigenvalue weighted by atomic mass is 127. The van der Waals surface area contributed by atoms with Crippen molar-refractivity contribution in [2.75, 3.05) is 23.3 Å². The number of rotatable bonds is 4. The number of hydrogen-bond acceptors (Lipinski definition) is 5. The molecule has 140 valence electrons. The van der Waals surface area contributed by atoms with E-state index in [9.17, 15) is 14.9 Å². The fraction of sp³-hybridized carbons (Fsp3) is 0.222. The molecule has 1 aliphatic rings. The lowest BCUT2D eigenvalue weighted by atomic mass is 10.1. The smallest absolute Gasteiger partial charge is 0.293 e. The van der Waals surface area contributed by atoms with Crippen LogP contribution in [0.25, 0.3) is 0 Å². The topological polar surface area (TPSA) is 87.5 Å². The van der Waals surface area contributed by atoms with Gasteiger partial charge in [0.2, 0.25) is 0 Å². The number of nitrogens with zero attached hydrogens (tertiary/aromatic N) is 2. The van der Waals surface area contributed by atoms with E-state index >= 15 is 0 Å². The third-order valence-corrected chi connectivity index (χ3v) is 5.13. The van der Waals surface area contributed by atoms with Crippen LogP contribution in [0.15, 0.2) is 42.5 Å². The Morgan fingerprint density at radius 2 is 1.81 bits per heavy atom. The Hall–Kier alpha value is -2.27. The van der Waals surface area contributed by atoms with Crippen molar-refractivity contribution in [3.63, 3.8) is 0 Å².